The van der Waals surface area contributed by atoms with Gasteiger partial charge in [0.15, 0.2) is 5.96 Å². The van der Waals surface area contributed by atoms with E-state index in [9.17, 15) is 13.7 Å². The van der Waals surface area contributed by atoms with Crippen molar-refractivity contribution in [2.24, 2.45) is 16.8 Å². The second-order valence-electron chi connectivity index (χ2n) is 6.74. The van der Waals surface area contributed by atoms with Crippen LogP contribution in [0.2, 0.25) is 0 Å². The maximum Gasteiger partial charge on any atom is 0.211 e. The number of nitrogens with zero attached hydrogens (tertiary/aromatic N) is 3. The summed E-state index contributed by atoms with van der Waals surface area (Å²) in [6.45, 7) is 4.67. The first-order valence-electron chi connectivity index (χ1n) is 8.83. The van der Waals surface area contributed by atoms with Crippen molar-refractivity contribution in [1.29, 1.82) is 5.26 Å². The Morgan fingerprint density at radius 2 is 1.96 bits per heavy atom. The van der Waals surface area contributed by atoms with E-state index < -0.39 is 10.0 Å². The zero-order valence-corrected chi connectivity index (χ0v) is 18.2. The van der Waals surface area contributed by atoms with Crippen LogP contribution in [0.3, 0.4) is 0 Å². The second kappa shape index (κ2) is 10.5. The SMILES string of the molecule is CCNC(=NCC1CCN(S(C)(=O)=O)CC1)NC1CCCC1C#N.I. The minimum Gasteiger partial charge on any atom is -0.357 e. The summed E-state index contributed by atoms with van der Waals surface area (Å²) < 4.78 is 24.6. The molecule has 0 bridgehead atoms. The average molecular weight is 483 g/mol. The van der Waals surface area contributed by atoms with E-state index in [1.54, 1.807) is 4.31 Å². The van der Waals surface area contributed by atoms with Crippen molar-refractivity contribution >= 4 is 40.0 Å². The van der Waals surface area contributed by atoms with Crippen molar-refractivity contribution < 1.29 is 8.42 Å². The number of hydrogen-bond donors (Lipinski definition) is 2. The number of nitriles is 1. The van der Waals surface area contributed by atoms with Gasteiger partial charge < -0.3 is 10.6 Å². The highest BCUT2D eigenvalue weighted by Gasteiger charge is 2.28. The number of hydrogen-bond acceptors (Lipinski definition) is 4. The van der Waals surface area contributed by atoms with Crippen molar-refractivity contribution in [2.45, 2.75) is 45.1 Å². The molecule has 0 amide bonds. The molecule has 1 aliphatic heterocycles. The molecule has 2 unspecified atom stereocenters. The van der Waals surface area contributed by atoms with Gasteiger partial charge in [0.1, 0.15) is 0 Å². The smallest absolute Gasteiger partial charge is 0.211 e. The number of guanidine groups is 1. The fourth-order valence-corrected chi connectivity index (χ4v) is 4.30. The molecule has 1 aliphatic carbocycles. The molecule has 2 aliphatic rings. The number of sulfonamides is 1. The normalized spacial score (nSPS) is 25.9. The van der Waals surface area contributed by atoms with Gasteiger partial charge in [-0.15, -0.1) is 24.0 Å². The van der Waals surface area contributed by atoms with Crippen molar-refractivity contribution in [3.63, 3.8) is 0 Å². The Bertz CT molecular complexity index is 582. The monoisotopic (exact) mass is 483 g/mol. The van der Waals surface area contributed by atoms with E-state index in [-0.39, 0.29) is 35.9 Å². The van der Waals surface area contributed by atoms with Crippen LogP contribution in [0.1, 0.15) is 39.0 Å². The zero-order chi connectivity index (χ0) is 17.6. The zero-order valence-electron chi connectivity index (χ0n) is 15.1. The van der Waals surface area contributed by atoms with Crippen LogP contribution in [-0.4, -0.2) is 57.2 Å². The van der Waals surface area contributed by atoms with Gasteiger partial charge in [0.05, 0.1) is 18.2 Å². The molecular weight excluding hydrogens is 453 g/mol. The highest BCUT2D eigenvalue weighted by molar-refractivity contribution is 14.0. The van der Waals surface area contributed by atoms with Crippen LogP contribution in [-0.2, 0) is 10.0 Å². The fraction of sp³-hybridized carbons (Fsp3) is 0.875. The van der Waals surface area contributed by atoms with E-state index in [1.165, 1.54) is 6.26 Å². The minimum atomic E-state index is -3.07. The topological polar surface area (TPSA) is 97.6 Å². The lowest BCUT2D eigenvalue weighted by atomic mass is 9.98. The molecule has 1 saturated carbocycles. The minimum absolute atomic E-state index is 0. The molecule has 0 aromatic rings. The summed E-state index contributed by atoms with van der Waals surface area (Å²) in [5.74, 6) is 1.25. The van der Waals surface area contributed by atoms with Crippen LogP contribution < -0.4 is 10.6 Å². The number of piperidine rings is 1. The van der Waals surface area contributed by atoms with Gasteiger partial charge in [-0.3, -0.25) is 4.99 Å². The Labute approximate surface area is 168 Å². The van der Waals surface area contributed by atoms with E-state index in [2.05, 4.69) is 21.7 Å². The van der Waals surface area contributed by atoms with Gasteiger partial charge in [-0.05, 0) is 44.9 Å². The molecule has 0 spiro atoms. The predicted octanol–water partition coefficient (Wildman–Crippen LogP) is 1.52. The summed E-state index contributed by atoms with van der Waals surface area (Å²) in [6.07, 6.45) is 6.01. The molecule has 0 aromatic heterocycles. The average Bonchev–Trinajstić information content (AvgIpc) is 2.99. The van der Waals surface area contributed by atoms with Crippen LogP contribution in [0.5, 0.6) is 0 Å². The van der Waals surface area contributed by atoms with Gasteiger partial charge in [-0.2, -0.15) is 5.26 Å². The maximum atomic E-state index is 11.5. The van der Waals surface area contributed by atoms with Crippen molar-refractivity contribution in [3.8, 4) is 6.07 Å². The van der Waals surface area contributed by atoms with Crippen molar-refractivity contribution in [2.75, 3.05) is 32.4 Å². The van der Waals surface area contributed by atoms with E-state index >= 15 is 0 Å². The molecule has 1 heterocycles. The van der Waals surface area contributed by atoms with Crippen LogP contribution in [0, 0.1) is 23.2 Å². The Kier molecular flexibility index (Phi) is 9.45. The first kappa shape index (κ1) is 22.4. The lowest BCUT2D eigenvalue weighted by molar-refractivity contribution is 0.280. The summed E-state index contributed by atoms with van der Waals surface area (Å²) in [4.78, 5) is 4.67. The summed E-state index contributed by atoms with van der Waals surface area (Å²) >= 11 is 0. The van der Waals surface area contributed by atoms with Gasteiger partial charge in [-0.1, -0.05) is 0 Å². The van der Waals surface area contributed by atoms with E-state index in [4.69, 9.17) is 0 Å². The largest absolute Gasteiger partial charge is 0.357 e. The Morgan fingerprint density at radius 3 is 2.52 bits per heavy atom. The molecule has 7 nitrogen and oxygen atoms in total. The number of halogens is 1. The first-order chi connectivity index (χ1) is 11.4. The highest BCUT2D eigenvalue weighted by Crippen LogP contribution is 2.25. The summed E-state index contributed by atoms with van der Waals surface area (Å²) in [5, 5.41) is 15.9. The van der Waals surface area contributed by atoms with Crippen molar-refractivity contribution in [1.82, 2.24) is 14.9 Å². The molecule has 2 atom stereocenters. The van der Waals surface area contributed by atoms with E-state index in [0.29, 0.717) is 25.6 Å². The molecule has 1 saturated heterocycles. The lowest BCUT2D eigenvalue weighted by Gasteiger charge is -2.29. The lowest BCUT2D eigenvalue weighted by Crippen LogP contribution is -2.45. The van der Waals surface area contributed by atoms with Crippen LogP contribution in [0.4, 0.5) is 0 Å². The molecule has 0 aromatic carbocycles. The third kappa shape index (κ3) is 6.90. The summed E-state index contributed by atoms with van der Waals surface area (Å²) in [7, 11) is -3.07. The van der Waals surface area contributed by atoms with Gasteiger partial charge in [-0.25, -0.2) is 12.7 Å². The molecule has 25 heavy (non-hydrogen) atoms. The third-order valence-corrected chi connectivity index (χ3v) is 6.20. The number of rotatable bonds is 5. The Morgan fingerprint density at radius 1 is 1.28 bits per heavy atom. The highest BCUT2D eigenvalue weighted by atomic mass is 127. The third-order valence-electron chi connectivity index (χ3n) is 4.90. The molecule has 2 N–H and O–H groups in total. The Hall–Kier alpha value is -0.600. The molecule has 0 radical (unpaired) electrons. The van der Waals surface area contributed by atoms with Gasteiger partial charge in [0.25, 0.3) is 0 Å². The van der Waals surface area contributed by atoms with Gasteiger partial charge >= 0.3 is 0 Å². The maximum absolute atomic E-state index is 11.5. The summed E-state index contributed by atoms with van der Waals surface area (Å²) in [6, 6.07) is 2.56. The molecule has 2 rings (SSSR count). The van der Waals surface area contributed by atoms with Crippen LogP contribution >= 0.6 is 24.0 Å². The van der Waals surface area contributed by atoms with Crippen molar-refractivity contribution in [3.05, 3.63) is 0 Å². The second-order valence-corrected chi connectivity index (χ2v) is 8.72. The molecule has 2 fully saturated rings. The molecule has 144 valence electrons. The standard InChI is InChI=1S/C16H29N5O2S.HI/c1-3-18-16(20-15-6-4-5-14(15)11-17)19-12-13-7-9-21(10-8-13)24(2,22)23;/h13-15H,3-10,12H2,1-2H3,(H2,18,19,20);1H. The predicted molar refractivity (Wildman–Crippen MR) is 110 cm³/mol. The van der Waals surface area contributed by atoms with Gasteiger partial charge in [0, 0.05) is 32.2 Å². The first-order valence-corrected chi connectivity index (χ1v) is 10.7. The molecular formula is C16H30IN5O2S. The van der Waals surface area contributed by atoms with Gasteiger partial charge in [0.2, 0.25) is 10.0 Å². The van der Waals surface area contributed by atoms with Crippen LogP contribution in [0.15, 0.2) is 4.99 Å². The summed E-state index contributed by atoms with van der Waals surface area (Å²) in [5.41, 5.74) is 0. The fourth-order valence-electron chi connectivity index (χ4n) is 3.43. The van der Waals surface area contributed by atoms with Crippen LogP contribution in [0.25, 0.3) is 0 Å². The van der Waals surface area contributed by atoms with E-state index in [0.717, 1.165) is 44.6 Å². The number of nitrogens with one attached hydrogen (secondary N) is 2. The van der Waals surface area contributed by atoms with E-state index in [1.807, 2.05) is 6.92 Å². The quantitative estimate of drug-likeness (QED) is 0.351. The molecule has 9 heteroatoms. The number of aliphatic imine (C=N–C) groups is 1. The Balaban J connectivity index is 0.00000312.